The summed E-state index contributed by atoms with van der Waals surface area (Å²) >= 11 is 0. The largest absolute Gasteiger partial charge is 0.308 e. The molecular weight excluding hydrogens is 168 g/mol. The Morgan fingerprint density at radius 3 is 3.00 bits per heavy atom. The van der Waals surface area contributed by atoms with Crippen LogP contribution in [0.1, 0.15) is 0 Å². The molecule has 2 rings (SSSR count). The second-order valence-electron chi connectivity index (χ2n) is 2.34. The average molecular weight is 176 g/mol. The molecule has 0 saturated carbocycles. The lowest BCUT2D eigenvalue weighted by molar-refractivity contribution is 0.808. The van der Waals surface area contributed by atoms with Crippen LogP contribution in [0.15, 0.2) is 30.7 Å². The van der Waals surface area contributed by atoms with Crippen LogP contribution in [-0.4, -0.2) is 19.7 Å². The molecule has 6 nitrogen and oxygen atoms in total. The van der Waals surface area contributed by atoms with Gasteiger partial charge in [-0.05, 0) is 6.07 Å². The van der Waals surface area contributed by atoms with E-state index in [1.54, 1.807) is 35.4 Å². The molecule has 2 aromatic heterocycles. The number of hydrogen-bond acceptors (Lipinski definition) is 5. The average Bonchev–Trinajstić information content (AvgIpc) is 2.71. The van der Waals surface area contributed by atoms with Crippen LogP contribution in [0.2, 0.25) is 0 Å². The van der Waals surface area contributed by atoms with Crippen molar-refractivity contribution in [3.05, 3.63) is 30.7 Å². The van der Waals surface area contributed by atoms with Crippen molar-refractivity contribution in [2.45, 2.75) is 0 Å². The van der Waals surface area contributed by atoms with Gasteiger partial charge in [-0.3, -0.25) is 0 Å². The Kier molecular flexibility index (Phi) is 1.89. The van der Waals surface area contributed by atoms with Crippen molar-refractivity contribution in [3.8, 4) is 5.95 Å². The summed E-state index contributed by atoms with van der Waals surface area (Å²) < 4.78 is 1.56. The third-order valence-electron chi connectivity index (χ3n) is 1.50. The highest BCUT2D eigenvalue weighted by Crippen LogP contribution is 2.02. The van der Waals surface area contributed by atoms with E-state index in [9.17, 15) is 0 Å². The van der Waals surface area contributed by atoms with Crippen LogP contribution in [0.4, 0.5) is 5.82 Å². The van der Waals surface area contributed by atoms with Crippen molar-refractivity contribution >= 4 is 5.82 Å². The lowest BCUT2D eigenvalue weighted by atomic mass is 10.6. The molecule has 66 valence electrons. The number of aromatic nitrogens is 4. The van der Waals surface area contributed by atoms with Crippen LogP contribution in [0.25, 0.3) is 5.95 Å². The van der Waals surface area contributed by atoms with Crippen LogP contribution in [0.5, 0.6) is 0 Å². The first kappa shape index (κ1) is 7.69. The summed E-state index contributed by atoms with van der Waals surface area (Å²) in [6.45, 7) is 0. The molecule has 0 saturated heterocycles. The molecule has 0 radical (unpaired) electrons. The Balaban J connectivity index is 2.41. The van der Waals surface area contributed by atoms with Crippen LogP contribution >= 0.6 is 0 Å². The Morgan fingerprint density at radius 2 is 2.31 bits per heavy atom. The molecule has 13 heavy (non-hydrogen) atoms. The molecule has 2 aromatic rings. The summed E-state index contributed by atoms with van der Waals surface area (Å²) in [5.74, 6) is 6.24. The first-order valence-electron chi connectivity index (χ1n) is 3.70. The van der Waals surface area contributed by atoms with Crippen molar-refractivity contribution < 1.29 is 0 Å². The van der Waals surface area contributed by atoms with Crippen molar-refractivity contribution in [1.82, 2.24) is 19.7 Å². The maximum Gasteiger partial charge on any atom is 0.252 e. The molecule has 0 aliphatic carbocycles. The maximum absolute atomic E-state index is 5.20. The molecule has 0 aliphatic heterocycles. The van der Waals surface area contributed by atoms with Gasteiger partial charge in [0.2, 0.25) is 0 Å². The van der Waals surface area contributed by atoms with Gasteiger partial charge in [-0.1, -0.05) is 0 Å². The van der Waals surface area contributed by atoms with Crippen LogP contribution < -0.4 is 11.3 Å². The summed E-state index contributed by atoms with van der Waals surface area (Å²) in [5.41, 5.74) is 2.44. The van der Waals surface area contributed by atoms with Crippen molar-refractivity contribution in [2.24, 2.45) is 5.84 Å². The van der Waals surface area contributed by atoms with E-state index in [1.807, 2.05) is 0 Å². The Labute approximate surface area is 74.4 Å². The van der Waals surface area contributed by atoms with E-state index in [2.05, 4.69) is 20.5 Å². The molecule has 0 aromatic carbocycles. The molecule has 6 heteroatoms. The zero-order valence-corrected chi connectivity index (χ0v) is 6.75. The van der Waals surface area contributed by atoms with Gasteiger partial charge >= 0.3 is 0 Å². The predicted molar refractivity (Wildman–Crippen MR) is 47.0 cm³/mol. The molecule has 0 bridgehead atoms. The highest BCUT2D eigenvalue weighted by atomic mass is 15.4. The van der Waals surface area contributed by atoms with Gasteiger partial charge in [0.1, 0.15) is 5.82 Å². The summed E-state index contributed by atoms with van der Waals surface area (Å²) in [5, 5.41) is 3.98. The summed E-state index contributed by atoms with van der Waals surface area (Å²) in [4.78, 5) is 8.11. The van der Waals surface area contributed by atoms with Gasteiger partial charge in [-0.15, -0.1) is 0 Å². The first-order valence-corrected chi connectivity index (χ1v) is 3.70. The quantitative estimate of drug-likeness (QED) is 0.495. The van der Waals surface area contributed by atoms with E-state index in [0.29, 0.717) is 11.8 Å². The minimum Gasteiger partial charge on any atom is -0.308 e. The fourth-order valence-electron chi connectivity index (χ4n) is 0.926. The smallest absolute Gasteiger partial charge is 0.252 e. The van der Waals surface area contributed by atoms with Crippen molar-refractivity contribution in [2.75, 3.05) is 5.43 Å². The second kappa shape index (κ2) is 3.20. The van der Waals surface area contributed by atoms with E-state index >= 15 is 0 Å². The Hall–Kier alpha value is -1.95. The Morgan fingerprint density at radius 1 is 1.38 bits per heavy atom. The first-order chi connectivity index (χ1) is 6.40. The summed E-state index contributed by atoms with van der Waals surface area (Å²) in [6, 6.07) is 3.47. The third-order valence-corrected chi connectivity index (χ3v) is 1.50. The molecule has 0 atom stereocenters. The van der Waals surface area contributed by atoms with Gasteiger partial charge in [0.25, 0.3) is 5.95 Å². The molecule has 0 fully saturated rings. The zero-order chi connectivity index (χ0) is 9.10. The van der Waals surface area contributed by atoms with E-state index in [1.165, 1.54) is 0 Å². The molecule has 0 unspecified atom stereocenters. The lowest BCUT2D eigenvalue weighted by Crippen LogP contribution is -2.10. The van der Waals surface area contributed by atoms with E-state index in [4.69, 9.17) is 5.84 Å². The zero-order valence-electron chi connectivity index (χ0n) is 6.75. The van der Waals surface area contributed by atoms with Crippen LogP contribution in [0, 0.1) is 0 Å². The van der Waals surface area contributed by atoms with E-state index < -0.39 is 0 Å². The molecule has 3 N–H and O–H groups in total. The maximum atomic E-state index is 5.20. The summed E-state index contributed by atoms with van der Waals surface area (Å²) in [6.07, 6.45) is 5.03. The van der Waals surface area contributed by atoms with Crippen LogP contribution in [0.3, 0.4) is 0 Å². The summed E-state index contributed by atoms with van der Waals surface area (Å²) in [7, 11) is 0. The van der Waals surface area contributed by atoms with Gasteiger partial charge in [0, 0.05) is 24.7 Å². The number of hydrazine groups is 1. The van der Waals surface area contributed by atoms with Gasteiger partial charge < -0.3 is 5.43 Å². The number of hydrogen-bond donors (Lipinski definition) is 2. The van der Waals surface area contributed by atoms with Gasteiger partial charge in [0.05, 0.1) is 0 Å². The minimum atomic E-state index is 0.487. The minimum absolute atomic E-state index is 0.487. The number of nitrogen functional groups attached to an aromatic ring is 1. The number of nitrogens with zero attached hydrogens (tertiary/aromatic N) is 4. The number of nitrogens with two attached hydrogens (primary N) is 1. The van der Waals surface area contributed by atoms with Crippen molar-refractivity contribution in [3.63, 3.8) is 0 Å². The fraction of sp³-hybridized carbons (Fsp3) is 0. The molecule has 0 aliphatic rings. The highest BCUT2D eigenvalue weighted by Gasteiger charge is 1.99. The standard InChI is InChI=1S/C7H8N6/c8-12-6-2-4-9-7(11-6)13-5-1-3-10-13/h1-5H,8H2,(H,9,11,12). The third kappa shape index (κ3) is 1.47. The van der Waals surface area contributed by atoms with Gasteiger partial charge in [-0.2, -0.15) is 10.1 Å². The Bertz CT molecular complexity index is 382. The predicted octanol–water partition coefficient (Wildman–Crippen LogP) is -0.0521. The lowest BCUT2D eigenvalue weighted by Gasteiger charge is -2.01. The van der Waals surface area contributed by atoms with E-state index in [0.717, 1.165) is 0 Å². The normalized spacial score (nSPS) is 9.92. The molecule has 0 spiro atoms. The van der Waals surface area contributed by atoms with Crippen molar-refractivity contribution in [1.29, 1.82) is 0 Å². The molecule has 2 heterocycles. The topological polar surface area (TPSA) is 81.6 Å². The SMILES string of the molecule is NNc1ccnc(-n2cccn2)n1. The monoisotopic (exact) mass is 176 g/mol. The number of nitrogens with one attached hydrogen (secondary N) is 1. The second-order valence-corrected chi connectivity index (χ2v) is 2.34. The van der Waals surface area contributed by atoms with Gasteiger partial charge in [0.15, 0.2) is 0 Å². The molecular formula is C7H8N6. The number of rotatable bonds is 2. The molecule has 0 amide bonds. The van der Waals surface area contributed by atoms with E-state index in [-0.39, 0.29) is 0 Å². The highest BCUT2D eigenvalue weighted by molar-refractivity contribution is 5.33. The van der Waals surface area contributed by atoms with Gasteiger partial charge in [-0.25, -0.2) is 15.5 Å². The van der Waals surface area contributed by atoms with Crippen LogP contribution in [-0.2, 0) is 0 Å². The fourth-order valence-corrected chi connectivity index (χ4v) is 0.926. The number of anilines is 1.